The third-order valence-corrected chi connectivity index (χ3v) is 3.02. The zero-order valence-electron chi connectivity index (χ0n) is 12.7. The molecule has 0 spiro atoms. The largest absolute Gasteiger partial charge is 0.497 e. The molecule has 0 aliphatic carbocycles. The Hall–Kier alpha value is -1.75. The fourth-order valence-corrected chi connectivity index (χ4v) is 1.69. The van der Waals surface area contributed by atoms with E-state index in [2.05, 4.69) is 10.6 Å². The van der Waals surface area contributed by atoms with E-state index < -0.39 is 0 Å². The third kappa shape index (κ3) is 5.09. The summed E-state index contributed by atoms with van der Waals surface area (Å²) >= 11 is 0. The molecule has 0 fully saturated rings. The minimum Gasteiger partial charge on any atom is -0.497 e. The number of amides is 1. The van der Waals surface area contributed by atoms with E-state index in [1.54, 1.807) is 13.2 Å². The molecule has 0 bridgehead atoms. The van der Waals surface area contributed by atoms with Crippen molar-refractivity contribution in [1.29, 1.82) is 0 Å². The van der Waals surface area contributed by atoms with E-state index in [1.807, 2.05) is 33.0 Å². The van der Waals surface area contributed by atoms with Gasteiger partial charge in [0, 0.05) is 24.2 Å². The summed E-state index contributed by atoms with van der Waals surface area (Å²) in [6.07, 6.45) is 0.899. The molecule has 1 unspecified atom stereocenters. The Morgan fingerprint density at radius 1 is 1.40 bits per heavy atom. The monoisotopic (exact) mass is 280 g/mol. The maximum Gasteiger partial charge on any atom is 0.258 e. The number of ether oxygens (including phenoxy) is 2. The van der Waals surface area contributed by atoms with Gasteiger partial charge in [0.2, 0.25) is 0 Å². The zero-order valence-corrected chi connectivity index (χ0v) is 12.7. The van der Waals surface area contributed by atoms with Crippen LogP contribution in [-0.4, -0.2) is 32.7 Å². The second-order valence-corrected chi connectivity index (χ2v) is 4.67. The van der Waals surface area contributed by atoms with E-state index in [-0.39, 0.29) is 18.6 Å². The predicted octanol–water partition coefficient (Wildman–Crippen LogP) is 1.71. The summed E-state index contributed by atoms with van der Waals surface area (Å²) in [4.78, 5) is 11.7. The van der Waals surface area contributed by atoms with Gasteiger partial charge >= 0.3 is 0 Å². The first-order valence-electron chi connectivity index (χ1n) is 6.84. The molecule has 0 aliphatic heterocycles. The molecule has 0 aliphatic rings. The standard InChI is InChI=1S/C15H24N2O3/c1-5-11(2)17-15(18)10-20-14-8-13(19-4)7-6-12(14)9-16-3/h6-8,11,16H,5,9-10H2,1-4H3,(H,17,18). The molecule has 0 aromatic heterocycles. The van der Waals surface area contributed by atoms with Crippen LogP contribution < -0.4 is 20.1 Å². The summed E-state index contributed by atoms with van der Waals surface area (Å²) in [6, 6.07) is 5.76. The number of methoxy groups -OCH3 is 1. The molecular formula is C15H24N2O3. The van der Waals surface area contributed by atoms with Gasteiger partial charge in [0.25, 0.3) is 5.91 Å². The van der Waals surface area contributed by atoms with E-state index in [0.29, 0.717) is 18.0 Å². The Labute approximate surface area is 120 Å². The van der Waals surface area contributed by atoms with Crippen LogP contribution >= 0.6 is 0 Å². The molecule has 5 heteroatoms. The summed E-state index contributed by atoms with van der Waals surface area (Å²) in [5, 5.41) is 5.94. The van der Waals surface area contributed by atoms with Gasteiger partial charge in [-0.05, 0) is 26.5 Å². The molecular weight excluding hydrogens is 256 g/mol. The third-order valence-electron chi connectivity index (χ3n) is 3.02. The van der Waals surface area contributed by atoms with Crippen molar-refractivity contribution in [3.63, 3.8) is 0 Å². The highest BCUT2D eigenvalue weighted by atomic mass is 16.5. The van der Waals surface area contributed by atoms with E-state index >= 15 is 0 Å². The first-order chi connectivity index (χ1) is 9.60. The Kier molecular flexibility index (Phi) is 6.87. The lowest BCUT2D eigenvalue weighted by molar-refractivity contribution is -0.123. The summed E-state index contributed by atoms with van der Waals surface area (Å²) in [5.41, 5.74) is 0.990. The highest BCUT2D eigenvalue weighted by molar-refractivity contribution is 5.77. The van der Waals surface area contributed by atoms with E-state index in [9.17, 15) is 4.79 Å². The van der Waals surface area contributed by atoms with Crippen LogP contribution in [0.3, 0.4) is 0 Å². The minimum absolute atomic E-state index is 0.00816. The van der Waals surface area contributed by atoms with Gasteiger partial charge in [-0.2, -0.15) is 0 Å². The number of benzene rings is 1. The lowest BCUT2D eigenvalue weighted by Crippen LogP contribution is -2.35. The van der Waals surface area contributed by atoms with Crippen molar-refractivity contribution in [2.24, 2.45) is 0 Å². The van der Waals surface area contributed by atoms with Crippen molar-refractivity contribution in [1.82, 2.24) is 10.6 Å². The fraction of sp³-hybridized carbons (Fsp3) is 0.533. The van der Waals surface area contributed by atoms with E-state index in [1.165, 1.54) is 0 Å². The van der Waals surface area contributed by atoms with Crippen molar-refractivity contribution < 1.29 is 14.3 Å². The molecule has 0 saturated heterocycles. The molecule has 1 aromatic rings. The molecule has 5 nitrogen and oxygen atoms in total. The van der Waals surface area contributed by atoms with Crippen LogP contribution in [0.15, 0.2) is 18.2 Å². The first-order valence-corrected chi connectivity index (χ1v) is 6.84. The second-order valence-electron chi connectivity index (χ2n) is 4.67. The topological polar surface area (TPSA) is 59.6 Å². The Bertz CT molecular complexity index is 435. The van der Waals surface area contributed by atoms with Gasteiger partial charge in [0.15, 0.2) is 6.61 Å². The SMILES string of the molecule is CCC(C)NC(=O)COc1cc(OC)ccc1CNC. The number of hydrogen-bond acceptors (Lipinski definition) is 4. The number of hydrogen-bond donors (Lipinski definition) is 2. The summed E-state index contributed by atoms with van der Waals surface area (Å²) in [6.45, 7) is 4.68. The minimum atomic E-state index is -0.113. The first kappa shape index (κ1) is 16.3. The molecule has 20 heavy (non-hydrogen) atoms. The van der Waals surface area contributed by atoms with Gasteiger partial charge in [-0.1, -0.05) is 13.0 Å². The molecule has 1 atom stereocenters. The number of nitrogens with one attached hydrogen (secondary N) is 2. The molecule has 112 valence electrons. The maximum absolute atomic E-state index is 11.7. The molecule has 0 saturated carbocycles. The van der Waals surface area contributed by atoms with Crippen LogP contribution in [0.5, 0.6) is 11.5 Å². The highest BCUT2D eigenvalue weighted by Crippen LogP contribution is 2.24. The summed E-state index contributed by atoms with van der Waals surface area (Å²) < 4.78 is 10.8. The van der Waals surface area contributed by atoms with E-state index in [4.69, 9.17) is 9.47 Å². The van der Waals surface area contributed by atoms with Crippen molar-refractivity contribution in [3.8, 4) is 11.5 Å². The molecule has 2 N–H and O–H groups in total. The zero-order chi connectivity index (χ0) is 15.0. The number of rotatable bonds is 8. The summed E-state index contributed by atoms with van der Waals surface area (Å²) in [5.74, 6) is 1.26. The molecule has 1 amide bonds. The van der Waals surface area contributed by atoms with E-state index in [0.717, 1.165) is 12.0 Å². The Morgan fingerprint density at radius 3 is 2.75 bits per heavy atom. The van der Waals surface area contributed by atoms with Crippen molar-refractivity contribution in [2.45, 2.75) is 32.9 Å². The predicted molar refractivity (Wildman–Crippen MR) is 79.1 cm³/mol. The van der Waals surface area contributed by atoms with Crippen molar-refractivity contribution >= 4 is 5.91 Å². The van der Waals surface area contributed by atoms with Crippen LogP contribution in [0.4, 0.5) is 0 Å². The molecule has 1 aromatic carbocycles. The van der Waals surface area contributed by atoms with Gasteiger partial charge in [0.1, 0.15) is 11.5 Å². The average Bonchev–Trinajstić information content (AvgIpc) is 2.46. The highest BCUT2D eigenvalue weighted by Gasteiger charge is 2.09. The quantitative estimate of drug-likeness (QED) is 0.761. The maximum atomic E-state index is 11.7. The normalized spacial score (nSPS) is 11.8. The van der Waals surface area contributed by atoms with Crippen LogP contribution in [0.1, 0.15) is 25.8 Å². The molecule has 1 rings (SSSR count). The lowest BCUT2D eigenvalue weighted by Gasteiger charge is -2.14. The van der Waals surface area contributed by atoms with Gasteiger partial charge in [0.05, 0.1) is 7.11 Å². The van der Waals surface area contributed by atoms with Crippen LogP contribution in [0.25, 0.3) is 0 Å². The van der Waals surface area contributed by atoms with Gasteiger partial charge in [-0.15, -0.1) is 0 Å². The fourth-order valence-electron chi connectivity index (χ4n) is 1.69. The number of carbonyl (C=O) groups is 1. The van der Waals surface area contributed by atoms with Gasteiger partial charge in [-0.25, -0.2) is 0 Å². The smallest absolute Gasteiger partial charge is 0.258 e. The molecule has 0 radical (unpaired) electrons. The Morgan fingerprint density at radius 2 is 2.15 bits per heavy atom. The average molecular weight is 280 g/mol. The van der Waals surface area contributed by atoms with Crippen LogP contribution in [0, 0.1) is 0 Å². The van der Waals surface area contributed by atoms with Crippen LogP contribution in [0.2, 0.25) is 0 Å². The van der Waals surface area contributed by atoms with Gasteiger partial charge < -0.3 is 20.1 Å². The second kappa shape index (κ2) is 8.43. The van der Waals surface area contributed by atoms with Crippen LogP contribution in [-0.2, 0) is 11.3 Å². The van der Waals surface area contributed by atoms with Crippen molar-refractivity contribution in [3.05, 3.63) is 23.8 Å². The van der Waals surface area contributed by atoms with Crippen molar-refractivity contribution in [2.75, 3.05) is 20.8 Å². The van der Waals surface area contributed by atoms with Gasteiger partial charge in [-0.3, -0.25) is 4.79 Å². The number of carbonyl (C=O) groups excluding carboxylic acids is 1. The Balaban J connectivity index is 2.67. The lowest BCUT2D eigenvalue weighted by atomic mass is 10.2. The summed E-state index contributed by atoms with van der Waals surface area (Å²) in [7, 11) is 3.47. The molecule has 0 heterocycles.